The number of rotatable bonds is 1. The fourth-order valence-corrected chi connectivity index (χ4v) is 1.44. The average Bonchev–Trinajstić information content (AvgIpc) is 2.27. The highest BCUT2D eigenvalue weighted by Gasteiger charge is 2.35. The van der Waals surface area contributed by atoms with Crippen LogP contribution < -0.4 is 10.6 Å². The zero-order valence-electron chi connectivity index (χ0n) is 9.94. The average molecular weight is 212 g/mol. The quantitative estimate of drug-likeness (QED) is 0.646. The van der Waals surface area contributed by atoms with Gasteiger partial charge in [0, 0.05) is 13.1 Å². The van der Waals surface area contributed by atoms with Crippen LogP contribution in [-0.4, -0.2) is 30.3 Å². The maximum absolute atomic E-state index is 11.6. The van der Waals surface area contributed by atoms with Gasteiger partial charge in [-0.25, -0.2) is 4.79 Å². The Kier molecular flexibility index (Phi) is 3.09. The third-order valence-corrected chi connectivity index (χ3v) is 2.37. The van der Waals surface area contributed by atoms with Crippen LogP contribution in [0.4, 0.5) is 4.79 Å². The molecule has 15 heavy (non-hydrogen) atoms. The van der Waals surface area contributed by atoms with Gasteiger partial charge in [0.05, 0.1) is 5.54 Å². The Morgan fingerprint density at radius 3 is 2.60 bits per heavy atom. The normalized spacial score (nSPS) is 26.5. The van der Waals surface area contributed by atoms with Crippen LogP contribution in [0.15, 0.2) is 12.2 Å². The minimum absolute atomic E-state index is 0.387. The van der Waals surface area contributed by atoms with E-state index in [1.807, 2.05) is 27.7 Å². The van der Waals surface area contributed by atoms with Crippen molar-refractivity contribution in [2.24, 2.45) is 0 Å². The number of carbonyl (C=O) groups is 1. The lowest BCUT2D eigenvalue weighted by Crippen LogP contribution is -2.50. The van der Waals surface area contributed by atoms with Crippen molar-refractivity contribution in [3.63, 3.8) is 0 Å². The molecule has 1 saturated heterocycles. The van der Waals surface area contributed by atoms with Crippen LogP contribution in [0.3, 0.4) is 0 Å². The van der Waals surface area contributed by atoms with E-state index in [0.29, 0.717) is 6.54 Å². The van der Waals surface area contributed by atoms with Crippen molar-refractivity contribution in [3.05, 3.63) is 12.2 Å². The van der Waals surface area contributed by atoms with Gasteiger partial charge in [-0.3, -0.25) is 0 Å². The molecule has 1 atom stereocenters. The van der Waals surface area contributed by atoms with E-state index in [1.165, 1.54) is 0 Å². The molecule has 1 fully saturated rings. The molecule has 0 aromatic rings. The highest BCUT2D eigenvalue weighted by atomic mass is 16.6. The maximum Gasteiger partial charge on any atom is 0.408 e. The van der Waals surface area contributed by atoms with Gasteiger partial charge < -0.3 is 15.4 Å². The van der Waals surface area contributed by atoms with Gasteiger partial charge in [-0.15, -0.1) is 0 Å². The Morgan fingerprint density at radius 2 is 2.20 bits per heavy atom. The number of amides is 1. The summed E-state index contributed by atoms with van der Waals surface area (Å²) in [4.78, 5) is 11.6. The molecule has 4 nitrogen and oxygen atoms in total. The van der Waals surface area contributed by atoms with E-state index in [1.54, 1.807) is 0 Å². The van der Waals surface area contributed by atoms with Crippen molar-refractivity contribution in [3.8, 4) is 0 Å². The highest BCUT2D eigenvalue weighted by molar-refractivity contribution is 5.69. The van der Waals surface area contributed by atoms with Crippen LogP contribution >= 0.6 is 0 Å². The predicted octanol–water partition coefficient (Wildman–Crippen LogP) is 1.43. The number of carbonyl (C=O) groups excluding carboxylic acids is 1. The number of hydrogen-bond donors (Lipinski definition) is 2. The van der Waals surface area contributed by atoms with Gasteiger partial charge in [-0.1, -0.05) is 6.58 Å². The Labute approximate surface area is 91.1 Å². The Morgan fingerprint density at radius 1 is 1.60 bits per heavy atom. The number of ether oxygens (including phenoxy) is 1. The fourth-order valence-electron chi connectivity index (χ4n) is 1.44. The van der Waals surface area contributed by atoms with E-state index in [9.17, 15) is 4.79 Å². The molecule has 2 N–H and O–H groups in total. The molecule has 1 amide bonds. The summed E-state index contributed by atoms with van der Waals surface area (Å²) in [6.45, 7) is 12.8. The predicted molar refractivity (Wildman–Crippen MR) is 59.8 cm³/mol. The molecule has 0 saturated carbocycles. The molecule has 1 rings (SSSR count). The zero-order chi connectivity index (χ0) is 11.7. The Hall–Kier alpha value is -1.03. The second-order valence-corrected chi connectivity index (χ2v) is 5.17. The SMILES string of the molecule is C=C1CNC[C@]1(C)NC(=O)OC(C)(C)C. The molecule has 0 aromatic carbocycles. The monoisotopic (exact) mass is 212 g/mol. The molecule has 0 spiro atoms. The van der Waals surface area contributed by atoms with E-state index in [0.717, 1.165) is 12.1 Å². The highest BCUT2D eigenvalue weighted by Crippen LogP contribution is 2.19. The lowest BCUT2D eigenvalue weighted by molar-refractivity contribution is 0.0486. The van der Waals surface area contributed by atoms with Gasteiger partial charge in [0.1, 0.15) is 5.60 Å². The van der Waals surface area contributed by atoms with Crippen molar-refractivity contribution in [1.82, 2.24) is 10.6 Å². The summed E-state index contributed by atoms with van der Waals surface area (Å²) in [7, 11) is 0. The standard InChI is InChI=1S/C11H20N2O2/c1-8-6-12-7-11(8,5)13-9(14)15-10(2,3)4/h12H,1,6-7H2,2-5H3,(H,13,14)/t11-/m0/s1. The first-order valence-electron chi connectivity index (χ1n) is 5.13. The van der Waals surface area contributed by atoms with Gasteiger partial charge in [0.25, 0.3) is 0 Å². The summed E-state index contributed by atoms with van der Waals surface area (Å²) in [5.41, 5.74) is 0.129. The molecule has 0 unspecified atom stereocenters. The van der Waals surface area contributed by atoms with Crippen molar-refractivity contribution < 1.29 is 9.53 Å². The van der Waals surface area contributed by atoms with E-state index in [2.05, 4.69) is 17.2 Å². The number of hydrogen-bond acceptors (Lipinski definition) is 3. The van der Waals surface area contributed by atoms with Crippen LogP contribution in [0.1, 0.15) is 27.7 Å². The van der Waals surface area contributed by atoms with Gasteiger partial charge in [0.2, 0.25) is 0 Å². The maximum atomic E-state index is 11.6. The molecule has 1 aliphatic heterocycles. The smallest absolute Gasteiger partial charge is 0.408 e. The topological polar surface area (TPSA) is 50.4 Å². The summed E-state index contributed by atoms with van der Waals surface area (Å²) in [5.74, 6) is 0. The summed E-state index contributed by atoms with van der Waals surface area (Å²) in [6.07, 6.45) is -0.394. The van der Waals surface area contributed by atoms with Crippen LogP contribution in [0.25, 0.3) is 0 Å². The van der Waals surface area contributed by atoms with E-state index < -0.39 is 11.7 Å². The second kappa shape index (κ2) is 3.85. The first-order chi connectivity index (χ1) is 6.73. The Balaban J connectivity index is 2.55. The first kappa shape index (κ1) is 12.0. The first-order valence-corrected chi connectivity index (χ1v) is 5.13. The van der Waals surface area contributed by atoms with Gasteiger partial charge in [0.15, 0.2) is 0 Å². The van der Waals surface area contributed by atoms with Crippen molar-refractivity contribution >= 4 is 6.09 Å². The molecule has 1 heterocycles. The van der Waals surface area contributed by atoms with Crippen LogP contribution in [-0.2, 0) is 4.74 Å². The molecular weight excluding hydrogens is 192 g/mol. The zero-order valence-corrected chi connectivity index (χ0v) is 9.94. The summed E-state index contributed by atoms with van der Waals surface area (Å²) in [6, 6.07) is 0. The number of alkyl carbamates (subject to hydrolysis) is 1. The third kappa shape index (κ3) is 3.23. The third-order valence-electron chi connectivity index (χ3n) is 2.37. The minimum Gasteiger partial charge on any atom is -0.444 e. The number of nitrogens with one attached hydrogen (secondary N) is 2. The fraction of sp³-hybridized carbons (Fsp3) is 0.727. The van der Waals surface area contributed by atoms with Crippen molar-refractivity contribution in [2.75, 3.05) is 13.1 Å². The summed E-state index contributed by atoms with van der Waals surface area (Å²) >= 11 is 0. The van der Waals surface area contributed by atoms with Gasteiger partial charge in [-0.2, -0.15) is 0 Å². The molecule has 4 heteroatoms. The molecular formula is C11H20N2O2. The largest absolute Gasteiger partial charge is 0.444 e. The van der Waals surface area contributed by atoms with Crippen LogP contribution in [0.2, 0.25) is 0 Å². The summed E-state index contributed by atoms with van der Waals surface area (Å²) < 4.78 is 5.19. The van der Waals surface area contributed by atoms with Gasteiger partial charge in [-0.05, 0) is 33.3 Å². The minimum atomic E-state index is -0.464. The van der Waals surface area contributed by atoms with E-state index in [-0.39, 0.29) is 5.54 Å². The summed E-state index contributed by atoms with van der Waals surface area (Å²) in [5, 5.41) is 6.00. The van der Waals surface area contributed by atoms with E-state index in [4.69, 9.17) is 4.74 Å². The Bertz CT molecular complexity index is 281. The van der Waals surface area contributed by atoms with Crippen molar-refractivity contribution in [2.45, 2.75) is 38.8 Å². The van der Waals surface area contributed by atoms with E-state index >= 15 is 0 Å². The molecule has 1 aliphatic rings. The van der Waals surface area contributed by atoms with Crippen molar-refractivity contribution in [1.29, 1.82) is 0 Å². The second-order valence-electron chi connectivity index (χ2n) is 5.17. The lowest BCUT2D eigenvalue weighted by atomic mass is 9.97. The molecule has 0 bridgehead atoms. The van der Waals surface area contributed by atoms with Crippen LogP contribution in [0, 0.1) is 0 Å². The van der Waals surface area contributed by atoms with Gasteiger partial charge >= 0.3 is 6.09 Å². The van der Waals surface area contributed by atoms with Crippen LogP contribution in [0.5, 0.6) is 0 Å². The lowest BCUT2D eigenvalue weighted by Gasteiger charge is -2.28. The molecule has 0 radical (unpaired) electrons. The molecule has 0 aliphatic carbocycles. The molecule has 86 valence electrons. The molecule has 0 aromatic heterocycles.